The zero-order valence-electron chi connectivity index (χ0n) is 15.0. The molecule has 0 unspecified atom stereocenters. The monoisotopic (exact) mass is 364 g/mol. The Kier molecular flexibility index (Phi) is 4.84. The summed E-state index contributed by atoms with van der Waals surface area (Å²) in [7, 11) is 0. The lowest BCUT2D eigenvalue weighted by molar-refractivity contribution is -0.313. The smallest absolute Gasteiger partial charge is 0.407 e. The predicted molar refractivity (Wildman–Crippen MR) is 99.0 cm³/mol. The summed E-state index contributed by atoms with van der Waals surface area (Å²) >= 11 is 0. The number of aliphatic carboxylic acids is 1. The molecule has 4 rings (SSSR count). The van der Waals surface area contributed by atoms with Crippen LogP contribution in [-0.2, 0) is 9.53 Å². The minimum Gasteiger partial charge on any atom is -0.550 e. The van der Waals surface area contributed by atoms with Crippen molar-refractivity contribution in [3.63, 3.8) is 0 Å². The van der Waals surface area contributed by atoms with Gasteiger partial charge in [0.1, 0.15) is 6.61 Å². The number of hydrogen-bond donors (Lipinski definition) is 1. The molecule has 0 heterocycles. The van der Waals surface area contributed by atoms with Crippen LogP contribution in [0.1, 0.15) is 42.7 Å². The fourth-order valence-electron chi connectivity index (χ4n) is 4.38. The molecular weight excluding hydrogens is 342 g/mol. The average Bonchev–Trinajstić information content (AvgIpc) is 3.00. The van der Waals surface area contributed by atoms with Crippen LogP contribution in [0.2, 0.25) is 0 Å². The van der Waals surface area contributed by atoms with Crippen LogP contribution < -0.4 is 10.4 Å². The molecular formula is C22H22NO4-. The molecule has 5 heteroatoms. The van der Waals surface area contributed by atoms with Gasteiger partial charge in [-0.15, -0.1) is 0 Å². The van der Waals surface area contributed by atoms with E-state index in [1.807, 2.05) is 24.3 Å². The van der Waals surface area contributed by atoms with Crippen LogP contribution in [0.4, 0.5) is 4.79 Å². The molecule has 1 fully saturated rings. The Labute approximate surface area is 158 Å². The van der Waals surface area contributed by atoms with Gasteiger partial charge in [-0.1, -0.05) is 61.4 Å². The molecule has 27 heavy (non-hydrogen) atoms. The third kappa shape index (κ3) is 3.42. The van der Waals surface area contributed by atoms with Crippen molar-refractivity contribution >= 4 is 12.1 Å². The van der Waals surface area contributed by atoms with Crippen molar-refractivity contribution in [3.05, 3.63) is 59.7 Å². The van der Waals surface area contributed by atoms with Crippen LogP contribution in [0, 0.1) is 5.92 Å². The number of carboxylic acid groups (broad SMARTS) is 1. The Morgan fingerprint density at radius 2 is 1.56 bits per heavy atom. The van der Waals surface area contributed by atoms with Gasteiger partial charge in [0, 0.05) is 23.8 Å². The zero-order chi connectivity index (χ0) is 18.8. The Balaban J connectivity index is 1.44. The number of rotatable bonds is 4. The zero-order valence-corrected chi connectivity index (χ0v) is 15.0. The van der Waals surface area contributed by atoms with Gasteiger partial charge in [0.15, 0.2) is 0 Å². The van der Waals surface area contributed by atoms with Crippen LogP contribution in [0.15, 0.2) is 48.5 Å². The minimum absolute atomic E-state index is 0.00792. The first-order chi connectivity index (χ1) is 13.1. The summed E-state index contributed by atoms with van der Waals surface area (Å²) in [5.41, 5.74) is 4.64. The SMILES string of the molecule is O=C(N[C@@H]1CCCC[C@H]1C(=O)[O-])OCC1c2ccccc2-c2ccccc21. The molecule has 0 bridgehead atoms. The van der Waals surface area contributed by atoms with Gasteiger partial charge in [-0.25, -0.2) is 4.79 Å². The Morgan fingerprint density at radius 1 is 0.963 bits per heavy atom. The molecule has 2 aromatic rings. The van der Waals surface area contributed by atoms with E-state index in [9.17, 15) is 14.7 Å². The van der Waals surface area contributed by atoms with Crippen LogP contribution in [0.3, 0.4) is 0 Å². The minimum atomic E-state index is -1.10. The first-order valence-electron chi connectivity index (χ1n) is 9.47. The summed E-state index contributed by atoms with van der Waals surface area (Å²) in [6, 6.07) is 15.9. The molecule has 0 spiro atoms. The van der Waals surface area contributed by atoms with Gasteiger partial charge in [0.2, 0.25) is 0 Å². The summed E-state index contributed by atoms with van der Waals surface area (Å²) in [6.07, 6.45) is 2.37. The van der Waals surface area contributed by atoms with Crippen LogP contribution >= 0.6 is 0 Å². The second-order valence-corrected chi connectivity index (χ2v) is 7.29. The van der Waals surface area contributed by atoms with E-state index in [1.54, 1.807) is 0 Å². The van der Waals surface area contributed by atoms with Crippen LogP contribution in [-0.4, -0.2) is 24.7 Å². The van der Waals surface area contributed by atoms with Crippen molar-refractivity contribution in [1.82, 2.24) is 5.32 Å². The van der Waals surface area contributed by atoms with Gasteiger partial charge >= 0.3 is 6.09 Å². The summed E-state index contributed by atoms with van der Waals surface area (Å²) in [6.45, 7) is 0.225. The van der Waals surface area contributed by atoms with Gasteiger partial charge in [-0.2, -0.15) is 0 Å². The fraction of sp³-hybridized carbons (Fsp3) is 0.364. The van der Waals surface area contributed by atoms with Crippen molar-refractivity contribution in [3.8, 4) is 11.1 Å². The van der Waals surface area contributed by atoms with Crippen molar-refractivity contribution in [1.29, 1.82) is 0 Å². The highest BCUT2D eigenvalue weighted by Gasteiger charge is 2.31. The summed E-state index contributed by atoms with van der Waals surface area (Å²) < 4.78 is 5.51. The number of alkyl carbamates (subject to hydrolysis) is 1. The van der Waals surface area contributed by atoms with Gasteiger partial charge in [0.25, 0.3) is 0 Å². The van der Waals surface area contributed by atoms with E-state index in [0.29, 0.717) is 12.8 Å². The normalized spacial score (nSPS) is 21.2. The number of carbonyl (C=O) groups excluding carboxylic acids is 2. The Hall–Kier alpha value is -2.82. The molecule has 0 aromatic heterocycles. The van der Waals surface area contributed by atoms with Gasteiger partial charge in [-0.05, 0) is 35.1 Å². The highest BCUT2D eigenvalue weighted by atomic mass is 16.5. The Morgan fingerprint density at radius 3 is 2.19 bits per heavy atom. The number of amides is 1. The number of ether oxygens (including phenoxy) is 1. The van der Waals surface area contributed by atoms with E-state index in [2.05, 4.69) is 29.6 Å². The van der Waals surface area contributed by atoms with Crippen LogP contribution in [0.5, 0.6) is 0 Å². The van der Waals surface area contributed by atoms with Crippen molar-refractivity contribution in [2.75, 3.05) is 6.61 Å². The third-order valence-corrected chi connectivity index (χ3v) is 5.72. The maximum atomic E-state index is 12.3. The molecule has 0 saturated heterocycles. The quantitative estimate of drug-likeness (QED) is 0.905. The summed E-state index contributed by atoms with van der Waals surface area (Å²) in [4.78, 5) is 23.6. The van der Waals surface area contributed by atoms with E-state index in [1.165, 1.54) is 11.1 Å². The van der Waals surface area contributed by atoms with Gasteiger partial charge in [-0.3, -0.25) is 0 Å². The van der Waals surface area contributed by atoms with E-state index in [-0.39, 0.29) is 12.5 Å². The van der Waals surface area contributed by atoms with E-state index in [0.717, 1.165) is 24.0 Å². The predicted octanol–water partition coefficient (Wildman–Crippen LogP) is 2.83. The standard InChI is InChI=1S/C22H23NO4/c24-21(25)18-11-5-6-12-20(18)23-22(26)27-13-19-16-9-3-1-7-14(16)15-8-2-4-10-17(15)19/h1-4,7-10,18-20H,5-6,11-13H2,(H,23,26)(H,24,25)/p-1/t18-,20-/m1/s1. The number of fused-ring (bicyclic) bond motifs is 3. The first kappa shape index (κ1) is 17.6. The summed E-state index contributed by atoms with van der Waals surface area (Å²) in [5.74, 6) is -1.75. The first-order valence-corrected chi connectivity index (χ1v) is 9.47. The molecule has 2 atom stereocenters. The van der Waals surface area contributed by atoms with Gasteiger partial charge < -0.3 is 20.0 Å². The van der Waals surface area contributed by atoms with E-state index < -0.39 is 24.0 Å². The highest BCUT2D eigenvalue weighted by molar-refractivity contribution is 5.79. The number of carboxylic acids is 1. The molecule has 5 nitrogen and oxygen atoms in total. The van der Waals surface area contributed by atoms with Crippen molar-refractivity contribution < 1.29 is 19.4 Å². The van der Waals surface area contributed by atoms with Gasteiger partial charge in [0.05, 0.1) is 0 Å². The summed E-state index contributed by atoms with van der Waals surface area (Å²) in [5, 5.41) is 14.0. The lowest BCUT2D eigenvalue weighted by Crippen LogP contribution is -2.49. The molecule has 2 aliphatic rings. The van der Waals surface area contributed by atoms with E-state index >= 15 is 0 Å². The second-order valence-electron chi connectivity index (χ2n) is 7.29. The second kappa shape index (κ2) is 7.43. The van der Waals surface area contributed by atoms with Crippen LogP contribution in [0.25, 0.3) is 11.1 Å². The molecule has 1 amide bonds. The molecule has 2 aromatic carbocycles. The molecule has 1 N–H and O–H groups in total. The molecule has 0 aliphatic heterocycles. The number of nitrogens with one attached hydrogen (secondary N) is 1. The largest absolute Gasteiger partial charge is 0.550 e. The topological polar surface area (TPSA) is 78.5 Å². The van der Waals surface area contributed by atoms with Crippen molar-refractivity contribution in [2.24, 2.45) is 5.92 Å². The lowest BCUT2D eigenvalue weighted by Gasteiger charge is -2.32. The molecule has 140 valence electrons. The lowest BCUT2D eigenvalue weighted by atomic mass is 9.84. The molecule has 2 aliphatic carbocycles. The highest BCUT2D eigenvalue weighted by Crippen LogP contribution is 2.44. The molecule has 0 radical (unpaired) electrons. The maximum Gasteiger partial charge on any atom is 0.407 e. The van der Waals surface area contributed by atoms with E-state index in [4.69, 9.17) is 4.74 Å². The number of carbonyl (C=O) groups is 2. The Bertz CT molecular complexity index is 817. The average molecular weight is 364 g/mol. The number of benzene rings is 2. The number of hydrogen-bond acceptors (Lipinski definition) is 4. The fourth-order valence-corrected chi connectivity index (χ4v) is 4.38. The third-order valence-electron chi connectivity index (χ3n) is 5.72. The maximum absolute atomic E-state index is 12.3. The van der Waals surface area contributed by atoms with Crippen molar-refractivity contribution in [2.45, 2.75) is 37.6 Å². The molecule has 1 saturated carbocycles.